The van der Waals surface area contributed by atoms with Crippen LogP contribution in [0.3, 0.4) is 0 Å². The number of ether oxygens (including phenoxy) is 2. The average molecular weight is 503 g/mol. The topological polar surface area (TPSA) is 75.1 Å². The van der Waals surface area contributed by atoms with E-state index in [-0.39, 0.29) is 30.1 Å². The minimum Gasteiger partial charge on any atom is -0.488 e. The second kappa shape index (κ2) is 11.2. The van der Waals surface area contributed by atoms with Gasteiger partial charge in [0.25, 0.3) is 0 Å². The van der Waals surface area contributed by atoms with Gasteiger partial charge in [0.2, 0.25) is 0 Å². The van der Waals surface area contributed by atoms with Crippen LogP contribution in [0.2, 0.25) is 0 Å². The number of nitrogens with zero attached hydrogens (tertiary/aromatic N) is 1. The lowest BCUT2D eigenvalue weighted by Crippen LogP contribution is -2.46. The molecule has 1 atom stereocenters. The van der Waals surface area contributed by atoms with Crippen LogP contribution >= 0.6 is 24.0 Å². The molecule has 7 heteroatoms. The van der Waals surface area contributed by atoms with Crippen molar-refractivity contribution < 1.29 is 14.6 Å². The first kappa shape index (κ1) is 23.2. The molecule has 0 amide bonds. The number of benzene rings is 1. The molecule has 28 heavy (non-hydrogen) atoms. The maximum atomic E-state index is 10.6. The molecule has 0 bridgehead atoms. The van der Waals surface area contributed by atoms with Crippen molar-refractivity contribution in [2.45, 2.75) is 64.2 Å². The van der Waals surface area contributed by atoms with Gasteiger partial charge in [0.1, 0.15) is 11.9 Å². The van der Waals surface area contributed by atoms with Crippen LogP contribution in [0, 0.1) is 6.92 Å². The Hall–Kier alpha value is -1.06. The van der Waals surface area contributed by atoms with Crippen LogP contribution < -0.4 is 15.4 Å². The quantitative estimate of drug-likeness (QED) is 0.303. The fraction of sp³-hybridized carbons (Fsp3) is 0.667. The third-order valence-corrected chi connectivity index (χ3v) is 5.28. The Morgan fingerprint density at radius 1 is 1.32 bits per heavy atom. The van der Waals surface area contributed by atoms with Crippen molar-refractivity contribution in [3.8, 4) is 5.75 Å². The van der Waals surface area contributed by atoms with E-state index in [2.05, 4.69) is 35.8 Å². The molecule has 3 rings (SSSR count). The molecule has 1 aromatic carbocycles. The summed E-state index contributed by atoms with van der Waals surface area (Å²) in [5.74, 6) is 1.62. The van der Waals surface area contributed by atoms with Gasteiger partial charge in [0, 0.05) is 25.1 Å². The molecule has 1 aromatic rings. The van der Waals surface area contributed by atoms with E-state index in [4.69, 9.17) is 14.5 Å². The number of hydrogen-bond donors (Lipinski definition) is 3. The first-order valence-electron chi connectivity index (χ1n) is 10.2. The summed E-state index contributed by atoms with van der Waals surface area (Å²) in [5, 5.41) is 17.1. The van der Waals surface area contributed by atoms with E-state index in [1.807, 2.05) is 6.92 Å². The number of hydrogen-bond acceptors (Lipinski definition) is 4. The Morgan fingerprint density at radius 2 is 2.11 bits per heavy atom. The zero-order chi connectivity index (χ0) is 19.1. The van der Waals surface area contributed by atoms with Crippen molar-refractivity contribution >= 4 is 29.9 Å². The molecule has 1 heterocycles. The van der Waals surface area contributed by atoms with Gasteiger partial charge in [-0.05, 0) is 38.3 Å². The van der Waals surface area contributed by atoms with Crippen molar-refractivity contribution in [2.75, 3.05) is 26.3 Å². The average Bonchev–Trinajstić information content (AvgIpc) is 3.31. The number of rotatable bonds is 7. The van der Waals surface area contributed by atoms with Crippen LogP contribution in [-0.4, -0.2) is 49.1 Å². The van der Waals surface area contributed by atoms with Crippen molar-refractivity contribution in [2.24, 2.45) is 4.99 Å². The molecule has 1 saturated carbocycles. The smallest absolute Gasteiger partial charge is 0.191 e. The van der Waals surface area contributed by atoms with Crippen LogP contribution in [-0.2, 0) is 11.3 Å². The molecular weight excluding hydrogens is 469 g/mol. The molecule has 0 spiro atoms. The third-order valence-electron chi connectivity index (χ3n) is 5.28. The molecule has 2 aliphatic rings. The normalized spacial score (nSPS) is 21.2. The van der Waals surface area contributed by atoms with Gasteiger partial charge in [-0.1, -0.05) is 25.0 Å². The van der Waals surface area contributed by atoms with E-state index in [1.165, 1.54) is 5.56 Å². The molecule has 0 radical (unpaired) electrons. The summed E-state index contributed by atoms with van der Waals surface area (Å²) in [4.78, 5) is 4.71. The number of aryl methyl sites for hydroxylation is 1. The zero-order valence-electron chi connectivity index (χ0n) is 17.0. The standard InChI is InChI=1S/C21H33N3O3.HI/c1-3-22-20(24-15-21(25)9-4-5-10-21)23-13-17-7-6-16(2)12-19(17)27-18-8-11-26-14-18;/h6-7,12,18,25H,3-5,8-11,13-15H2,1-2H3,(H2,22,23,24);1H. The second-order valence-corrected chi connectivity index (χ2v) is 7.69. The summed E-state index contributed by atoms with van der Waals surface area (Å²) in [6, 6.07) is 6.24. The van der Waals surface area contributed by atoms with Gasteiger partial charge in [-0.2, -0.15) is 0 Å². The molecule has 0 aromatic heterocycles. The molecule has 1 saturated heterocycles. The summed E-state index contributed by atoms with van der Waals surface area (Å²) in [7, 11) is 0. The molecule has 1 unspecified atom stereocenters. The number of guanidine groups is 1. The third kappa shape index (κ3) is 6.77. The first-order chi connectivity index (χ1) is 13.1. The number of nitrogens with one attached hydrogen (secondary N) is 2. The highest BCUT2D eigenvalue weighted by molar-refractivity contribution is 14.0. The molecule has 2 fully saturated rings. The van der Waals surface area contributed by atoms with E-state index in [0.717, 1.165) is 62.5 Å². The maximum absolute atomic E-state index is 10.6. The Bertz CT molecular complexity index is 642. The summed E-state index contributed by atoms with van der Waals surface area (Å²) in [5.41, 5.74) is 1.63. The predicted molar refractivity (Wildman–Crippen MR) is 123 cm³/mol. The Labute approximate surface area is 185 Å². The van der Waals surface area contributed by atoms with Crippen molar-refractivity contribution in [3.63, 3.8) is 0 Å². The zero-order valence-corrected chi connectivity index (χ0v) is 19.3. The van der Waals surface area contributed by atoms with E-state index < -0.39 is 5.60 Å². The molecule has 3 N–H and O–H groups in total. The van der Waals surface area contributed by atoms with Gasteiger partial charge in [0.05, 0.1) is 25.4 Å². The van der Waals surface area contributed by atoms with E-state index in [1.54, 1.807) is 0 Å². The first-order valence-corrected chi connectivity index (χ1v) is 10.2. The maximum Gasteiger partial charge on any atom is 0.191 e. The fourth-order valence-corrected chi connectivity index (χ4v) is 3.65. The monoisotopic (exact) mass is 503 g/mol. The van der Waals surface area contributed by atoms with Gasteiger partial charge in [0.15, 0.2) is 5.96 Å². The van der Waals surface area contributed by atoms with Gasteiger partial charge in [-0.15, -0.1) is 24.0 Å². The SMILES string of the molecule is CCNC(=NCc1ccc(C)cc1OC1CCOC1)NCC1(O)CCCC1.I. The van der Waals surface area contributed by atoms with Gasteiger partial charge >= 0.3 is 0 Å². The highest BCUT2D eigenvalue weighted by atomic mass is 127. The minimum absolute atomic E-state index is 0. The molecule has 158 valence electrons. The van der Waals surface area contributed by atoms with Crippen molar-refractivity contribution in [1.29, 1.82) is 0 Å². The summed E-state index contributed by atoms with van der Waals surface area (Å²) >= 11 is 0. The van der Waals surface area contributed by atoms with Gasteiger partial charge in [-0.3, -0.25) is 0 Å². The van der Waals surface area contributed by atoms with Crippen LogP contribution in [0.1, 0.15) is 50.2 Å². The Morgan fingerprint density at radius 3 is 2.79 bits per heavy atom. The predicted octanol–water partition coefficient (Wildman–Crippen LogP) is 3.14. The lowest BCUT2D eigenvalue weighted by molar-refractivity contribution is 0.0522. The van der Waals surface area contributed by atoms with Crippen LogP contribution in [0.25, 0.3) is 0 Å². The van der Waals surface area contributed by atoms with E-state index in [9.17, 15) is 5.11 Å². The van der Waals surface area contributed by atoms with Crippen molar-refractivity contribution in [3.05, 3.63) is 29.3 Å². The fourth-order valence-electron chi connectivity index (χ4n) is 3.65. The van der Waals surface area contributed by atoms with Crippen LogP contribution in [0.5, 0.6) is 5.75 Å². The lowest BCUT2D eigenvalue weighted by Gasteiger charge is -2.24. The highest BCUT2D eigenvalue weighted by Crippen LogP contribution is 2.28. The summed E-state index contributed by atoms with van der Waals surface area (Å²) in [6.45, 7) is 7.37. The Balaban J connectivity index is 0.00000280. The number of aliphatic hydroxyl groups is 1. The Kier molecular flexibility index (Phi) is 9.30. The van der Waals surface area contributed by atoms with Gasteiger partial charge < -0.3 is 25.2 Å². The van der Waals surface area contributed by atoms with Gasteiger partial charge in [-0.25, -0.2) is 4.99 Å². The molecular formula is C21H34IN3O3. The molecule has 1 aliphatic carbocycles. The van der Waals surface area contributed by atoms with Crippen LogP contribution in [0.15, 0.2) is 23.2 Å². The van der Waals surface area contributed by atoms with Crippen LogP contribution in [0.4, 0.5) is 0 Å². The largest absolute Gasteiger partial charge is 0.488 e. The summed E-state index contributed by atoms with van der Waals surface area (Å²) in [6.07, 6.45) is 4.97. The van der Waals surface area contributed by atoms with E-state index in [0.29, 0.717) is 19.7 Å². The number of halogens is 1. The number of aliphatic imine (C=N–C) groups is 1. The minimum atomic E-state index is -0.600. The highest BCUT2D eigenvalue weighted by Gasteiger charge is 2.31. The van der Waals surface area contributed by atoms with Crippen molar-refractivity contribution in [1.82, 2.24) is 10.6 Å². The summed E-state index contributed by atoms with van der Waals surface area (Å²) < 4.78 is 11.6. The molecule has 1 aliphatic heterocycles. The molecule has 6 nitrogen and oxygen atoms in total. The second-order valence-electron chi connectivity index (χ2n) is 7.69. The van der Waals surface area contributed by atoms with E-state index >= 15 is 0 Å². The lowest BCUT2D eigenvalue weighted by atomic mass is 10.0.